The molecule has 6 heteroatoms. The Hall–Kier alpha value is -4.26. The number of carbonyl (C=O) groups excluding carboxylic acids is 2. The van der Waals surface area contributed by atoms with Gasteiger partial charge < -0.3 is 14.2 Å². The summed E-state index contributed by atoms with van der Waals surface area (Å²) in [6.07, 6.45) is 3.38. The Morgan fingerprint density at radius 3 is 1.94 bits per heavy atom. The number of rotatable bonds is 18. The molecular formula is C41H49NO5. The molecule has 248 valence electrons. The Morgan fingerprint density at radius 2 is 1.32 bits per heavy atom. The Labute approximate surface area is 280 Å². The zero-order chi connectivity index (χ0) is 33.5. The van der Waals surface area contributed by atoms with Crippen LogP contribution in [0.5, 0.6) is 0 Å². The summed E-state index contributed by atoms with van der Waals surface area (Å²) in [6.45, 7) is 8.71. The van der Waals surface area contributed by atoms with Gasteiger partial charge in [-0.05, 0) is 92.9 Å². The molecule has 0 saturated carbocycles. The molecule has 0 radical (unpaired) electrons. The zero-order valence-corrected chi connectivity index (χ0v) is 28.3. The van der Waals surface area contributed by atoms with Crippen molar-refractivity contribution in [2.75, 3.05) is 26.8 Å². The number of esters is 2. The molecule has 0 amide bonds. The van der Waals surface area contributed by atoms with Gasteiger partial charge in [-0.2, -0.15) is 0 Å². The van der Waals surface area contributed by atoms with Crippen LogP contribution in [0.25, 0.3) is 0 Å². The van der Waals surface area contributed by atoms with Crippen molar-refractivity contribution in [1.29, 1.82) is 0 Å². The second-order valence-electron chi connectivity index (χ2n) is 12.6. The second-order valence-corrected chi connectivity index (χ2v) is 12.6. The smallest absolute Gasteiger partial charge is 0.337 e. The van der Waals surface area contributed by atoms with E-state index in [0.29, 0.717) is 38.3 Å². The summed E-state index contributed by atoms with van der Waals surface area (Å²) in [4.78, 5) is 26.9. The van der Waals surface area contributed by atoms with Crippen LogP contribution in [-0.2, 0) is 45.0 Å². The standard InChI is InChI=1S/C41H49NO5/c1-5-46-40(44)41(2,3)27-12-28-42(29-34-23-25-37(26-24-34)39(43)45-4)30-38(36-15-10-7-11-16-36)47-31-35-21-19-33(20-22-35)18-17-32-13-8-6-9-14-32/h6-11,13-16,19-26,38H,5,12,17-18,27-31H2,1-4H3. The van der Waals surface area contributed by atoms with Crippen LogP contribution < -0.4 is 0 Å². The molecule has 0 aliphatic carbocycles. The van der Waals surface area contributed by atoms with Gasteiger partial charge in [0, 0.05) is 13.1 Å². The fourth-order valence-corrected chi connectivity index (χ4v) is 5.62. The minimum Gasteiger partial charge on any atom is -0.466 e. The maximum atomic E-state index is 12.6. The molecule has 0 bridgehead atoms. The van der Waals surface area contributed by atoms with E-state index in [0.717, 1.165) is 42.5 Å². The van der Waals surface area contributed by atoms with Gasteiger partial charge in [0.05, 0.1) is 37.4 Å². The average molecular weight is 636 g/mol. The van der Waals surface area contributed by atoms with Gasteiger partial charge in [0.15, 0.2) is 0 Å². The van der Waals surface area contributed by atoms with Gasteiger partial charge in [-0.25, -0.2) is 4.79 Å². The minimum atomic E-state index is -0.563. The van der Waals surface area contributed by atoms with Crippen molar-refractivity contribution in [3.05, 3.63) is 143 Å². The lowest BCUT2D eigenvalue weighted by molar-refractivity contribution is -0.153. The van der Waals surface area contributed by atoms with Gasteiger partial charge in [-0.15, -0.1) is 0 Å². The van der Waals surface area contributed by atoms with Gasteiger partial charge in [0.1, 0.15) is 0 Å². The topological polar surface area (TPSA) is 65.1 Å². The zero-order valence-electron chi connectivity index (χ0n) is 28.3. The number of aryl methyl sites for hydroxylation is 2. The first-order chi connectivity index (χ1) is 22.8. The van der Waals surface area contributed by atoms with E-state index in [1.54, 1.807) is 12.1 Å². The van der Waals surface area contributed by atoms with Crippen LogP contribution in [0, 0.1) is 5.41 Å². The highest BCUT2D eigenvalue weighted by atomic mass is 16.5. The van der Waals surface area contributed by atoms with Crippen LogP contribution >= 0.6 is 0 Å². The van der Waals surface area contributed by atoms with Crippen molar-refractivity contribution in [3.8, 4) is 0 Å². The van der Waals surface area contributed by atoms with Gasteiger partial charge in [0.25, 0.3) is 0 Å². The molecule has 0 aliphatic heterocycles. The van der Waals surface area contributed by atoms with Crippen molar-refractivity contribution in [1.82, 2.24) is 4.90 Å². The van der Waals surface area contributed by atoms with Crippen molar-refractivity contribution in [2.24, 2.45) is 5.41 Å². The molecule has 1 unspecified atom stereocenters. The van der Waals surface area contributed by atoms with Crippen LogP contribution in [0.4, 0.5) is 0 Å². The van der Waals surface area contributed by atoms with E-state index in [4.69, 9.17) is 14.2 Å². The van der Waals surface area contributed by atoms with Crippen molar-refractivity contribution in [2.45, 2.75) is 65.7 Å². The normalized spacial score (nSPS) is 12.1. The summed E-state index contributed by atoms with van der Waals surface area (Å²) in [5.74, 6) is -0.516. The quantitative estimate of drug-likeness (QED) is 0.102. The Balaban J connectivity index is 1.46. The number of carbonyl (C=O) groups is 2. The number of ether oxygens (including phenoxy) is 3. The van der Waals surface area contributed by atoms with E-state index >= 15 is 0 Å². The Bertz CT molecular complexity index is 1500. The summed E-state index contributed by atoms with van der Waals surface area (Å²) in [6, 6.07) is 37.2. The first kappa shape index (κ1) is 35.6. The lowest BCUT2D eigenvalue weighted by Crippen LogP contribution is -2.32. The maximum absolute atomic E-state index is 12.6. The average Bonchev–Trinajstić information content (AvgIpc) is 3.10. The van der Waals surface area contributed by atoms with Crippen molar-refractivity contribution < 1.29 is 23.8 Å². The highest BCUT2D eigenvalue weighted by Crippen LogP contribution is 2.27. The van der Waals surface area contributed by atoms with E-state index in [1.165, 1.54) is 18.2 Å². The third-order valence-electron chi connectivity index (χ3n) is 8.50. The summed E-state index contributed by atoms with van der Waals surface area (Å²) in [5, 5.41) is 0. The highest BCUT2D eigenvalue weighted by molar-refractivity contribution is 5.89. The first-order valence-corrected chi connectivity index (χ1v) is 16.6. The van der Waals surface area contributed by atoms with Gasteiger partial charge in [0.2, 0.25) is 0 Å². The molecule has 0 N–H and O–H groups in total. The van der Waals surface area contributed by atoms with Crippen LogP contribution in [0.2, 0.25) is 0 Å². The predicted octanol–water partition coefficient (Wildman–Crippen LogP) is 8.39. The molecule has 47 heavy (non-hydrogen) atoms. The minimum absolute atomic E-state index is 0.165. The largest absolute Gasteiger partial charge is 0.466 e. The first-order valence-electron chi connectivity index (χ1n) is 16.6. The summed E-state index contributed by atoms with van der Waals surface area (Å²) in [5.41, 5.74) is 5.95. The number of methoxy groups -OCH3 is 1. The van der Waals surface area contributed by atoms with Crippen LogP contribution in [-0.4, -0.2) is 43.6 Å². The third kappa shape index (κ3) is 11.5. The van der Waals surface area contributed by atoms with Crippen molar-refractivity contribution in [3.63, 3.8) is 0 Å². The molecule has 4 aromatic rings. The summed E-state index contributed by atoms with van der Waals surface area (Å²) >= 11 is 0. The molecular weight excluding hydrogens is 586 g/mol. The molecule has 4 rings (SSSR count). The predicted molar refractivity (Wildman–Crippen MR) is 187 cm³/mol. The van der Waals surface area contributed by atoms with E-state index in [1.807, 2.05) is 51.1 Å². The Morgan fingerprint density at radius 1 is 0.745 bits per heavy atom. The summed E-state index contributed by atoms with van der Waals surface area (Å²) in [7, 11) is 1.39. The lowest BCUT2D eigenvalue weighted by Gasteiger charge is -2.30. The van der Waals surface area contributed by atoms with Gasteiger partial charge in [-0.1, -0.05) is 97.1 Å². The molecule has 0 fully saturated rings. The molecule has 0 aromatic heterocycles. The number of hydrogen-bond donors (Lipinski definition) is 0. The van der Waals surface area contributed by atoms with Gasteiger partial charge >= 0.3 is 11.9 Å². The van der Waals surface area contributed by atoms with Crippen molar-refractivity contribution >= 4 is 11.9 Å². The molecule has 0 aliphatic rings. The van der Waals surface area contributed by atoms with E-state index in [2.05, 4.69) is 71.6 Å². The fraction of sp³-hybridized carbons (Fsp3) is 0.366. The number of hydrogen-bond acceptors (Lipinski definition) is 6. The van der Waals surface area contributed by atoms with Crippen LogP contribution in [0.3, 0.4) is 0 Å². The SMILES string of the molecule is CCOC(=O)C(C)(C)CCCN(Cc1ccc(C(=O)OC)cc1)CC(OCc1ccc(CCc2ccccc2)cc1)c1ccccc1. The van der Waals surface area contributed by atoms with Crippen LogP contribution in [0.15, 0.2) is 109 Å². The lowest BCUT2D eigenvalue weighted by atomic mass is 9.88. The molecule has 0 saturated heterocycles. The molecule has 0 heterocycles. The van der Waals surface area contributed by atoms with E-state index < -0.39 is 5.41 Å². The van der Waals surface area contributed by atoms with Gasteiger partial charge in [-0.3, -0.25) is 9.69 Å². The Kier molecular flexibility index (Phi) is 13.8. The molecule has 6 nitrogen and oxygen atoms in total. The number of nitrogens with zero attached hydrogens (tertiary/aromatic N) is 1. The highest BCUT2D eigenvalue weighted by Gasteiger charge is 2.29. The monoisotopic (exact) mass is 635 g/mol. The molecule has 4 aromatic carbocycles. The molecule has 0 spiro atoms. The number of benzene rings is 4. The van der Waals surface area contributed by atoms with E-state index in [-0.39, 0.29) is 18.0 Å². The third-order valence-corrected chi connectivity index (χ3v) is 8.50. The molecule has 1 atom stereocenters. The maximum Gasteiger partial charge on any atom is 0.337 e. The fourth-order valence-electron chi connectivity index (χ4n) is 5.62. The second kappa shape index (κ2) is 18.2. The van der Waals surface area contributed by atoms with Crippen LogP contribution in [0.1, 0.15) is 77.9 Å². The van der Waals surface area contributed by atoms with E-state index in [9.17, 15) is 9.59 Å². The summed E-state index contributed by atoms with van der Waals surface area (Å²) < 4.78 is 16.9.